The van der Waals surface area contributed by atoms with Gasteiger partial charge in [0.25, 0.3) is 0 Å². The quantitative estimate of drug-likeness (QED) is 0.362. The molecule has 0 aromatic heterocycles. The van der Waals surface area contributed by atoms with Gasteiger partial charge in [-0.25, -0.2) is 0 Å². The minimum atomic E-state index is -4.26. The monoisotopic (exact) mass is 488 g/mol. The van der Waals surface area contributed by atoms with Crippen molar-refractivity contribution in [2.24, 2.45) is 10.8 Å². The molecular formula is C30H38Zr. The zero-order valence-electron chi connectivity index (χ0n) is 21.1. The van der Waals surface area contributed by atoms with Gasteiger partial charge in [0, 0.05) is 0 Å². The molecule has 0 aromatic rings. The maximum atomic E-state index is 2.65. The van der Waals surface area contributed by atoms with E-state index in [1.807, 2.05) is 0 Å². The summed E-state index contributed by atoms with van der Waals surface area (Å²) >= 11 is -4.26. The molecule has 12 rings (SSSR count). The van der Waals surface area contributed by atoms with Gasteiger partial charge in [0.1, 0.15) is 0 Å². The Balaban J connectivity index is 1.31. The van der Waals surface area contributed by atoms with Crippen molar-refractivity contribution in [3.05, 3.63) is 44.6 Å². The Labute approximate surface area is 170 Å². The van der Waals surface area contributed by atoms with E-state index < -0.39 is 11.4 Å². The molecule has 31 heavy (non-hydrogen) atoms. The summed E-state index contributed by atoms with van der Waals surface area (Å²) in [5.41, 5.74) is 15.2. The molecular weight excluding hydrogens is 452 g/mol. The molecule has 1 spiro atoms. The molecule has 10 heterocycles. The number of fused-ring (bicyclic) bond motifs is 10. The first-order valence-corrected chi connectivity index (χ1v) is 27.8. The summed E-state index contributed by atoms with van der Waals surface area (Å²) in [7, 11) is 0. The van der Waals surface area contributed by atoms with Crippen molar-refractivity contribution >= 4 is 0 Å². The Morgan fingerprint density at radius 2 is 0.806 bits per heavy atom. The summed E-state index contributed by atoms with van der Waals surface area (Å²) in [5.74, 6) is 0. The van der Waals surface area contributed by atoms with Crippen LogP contribution in [0, 0.1) is 10.8 Å². The Kier molecular flexibility index (Phi) is 0.920. The van der Waals surface area contributed by atoms with Gasteiger partial charge in [0.2, 0.25) is 0 Å². The fourth-order valence-corrected chi connectivity index (χ4v) is 258. The first-order chi connectivity index (χ1) is 14.1. The van der Waals surface area contributed by atoms with Gasteiger partial charge in [0.05, 0.1) is 0 Å². The van der Waals surface area contributed by atoms with E-state index in [4.69, 9.17) is 0 Å². The SMILES string of the molecule is CC1=C(C)C(C)(C)C([C]23[CH]4[CH]5[CH]6[C]2(C2=C(C)C(C)=C(C)C2(C)C)[Zr]54632789[CH]3[CH]2[CH]7[CH]8[CH]39)=C1C. The van der Waals surface area contributed by atoms with Gasteiger partial charge in [-0.1, -0.05) is 0 Å². The van der Waals surface area contributed by atoms with E-state index in [0.29, 0.717) is 10.8 Å². The maximum absolute atomic E-state index is 4.26. The second-order valence-corrected chi connectivity index (χ2v) is 72.3. The van der Waals surface area contributed by atoms with Crippen LogP contribution in [0.3, 0.4) is 0 Å². The van der Waals surface area contributed by atoms with Gasteiger partial charge in [-0.3, -0.25) is 0 Å². The van der Waals surface area contributed by atoms with Crippen molar-refractivity contribution < 1.29 is 11.4 Å². The number of rotatable bonds is 2. The van der Waals surface area contributed by atoms with E-state index in [2.05, 4.69) is 80.4 Å². The van der Waals surface area contributed by atoms with Crippen LogP contribution in [-0.2, 0) is 11.4 Å². The Hall–Kier alpha value is -0.157. The topological polar surface area (TPSA) is 0 Å². The van der Waals surface area contributed by atoms with E-state index in [1.165, 1.54) is 29.0 Å². The van der Waals surface area contributed by atoms with Crippen LogP contribution in [0.2, 0.25) is 35.3 Å². The molecule has 10 aliphatic heterocycles. The first kappa shape index (κ1) is 15.7. The van der Waals surface area contributed by atoms with E-state index in [9.17, 15) is 0 Å². The molecule has 0 amide bonds. The number of hydrogen-bond donors (Lipinski definition) is 0. The number of hydrogen-bond acceptors (Lipinski definition) is 0. The molecule has 0 N–H and O–H groups in total. The van der Waals surface area contributed by atoms with E-state index in [1.54, 1.807) is 33.4 Å². The van der Waals surface area contributed by atoms with Crippen LogP contribution in [0.15, 0.2) is 44.6 Å². The number of allylic oxidation sites excluding steroid dienone is 8. The molecule has 10 saturated heterocycles. The Morgan fingerprint density at radius 1 is 0.484 bits per heavy atom. The molecule has 0 radical (unpaired) electrons. The third kappa shape index (κ3) is 0.281. The average Bonchev–Trinajstić information content (AvgIpc) is 3.63. The summed E-state index contributed by atoms with van der Waals surface area (Å²) in [5, 5.41) is 0. The molecule has 4 unspecified atom stereocenters. The molecule has 162 valence electrons. The van der Waals surface area contributed by atoms with Gasteiger partial charge in [-0.05, 0) is 0 Å². The predicted octanol–water partition coefficient (Wildman–Crippen LogP) is 9.50. The summed E-state index contributed by atoms with van der Waals surface area (Å²) in [4.78, 5) is 0. The molecule has 0 aromatic carbocycles. The third-order valence-corrected chi connectivity index (χ3v) is 123. The third-order valence-electron chi connectivity index (χ3n) is 27.4. The van der Waals surface area contributed by atoms with Gasteiger partial charge in [0.15, 0.2) is 0 Å². The Bertz CT molecular complexity index is 1640. The van der Waals surface area contributed by atoms with Crippen molar-refractivity contribution in [3.63, 3.8) is 0 Å². The second-order valence-electron chi connectivity index (χ2n) is 20.6. The zero-order valence-corrected chi connectivity index (χ0v) is 23.6. The molecule has 1 heteroatoms. The van der Waals surface area contributed by atoms with Crippen LogP contribution in [0.4, 0.5) is 0 Å². The minimum absolute atomic E-state index is 0.322. The van der Waals surface area contributed by atoms with Crippen LogP contribution in [0.5, 0.6) is 0 Å². The normalized spacial score (nSPS) is 82.5. The summed E-state index contributed by atoms with van der Waals surface area (Å²) < 4.78 is 12.5. The van der Waals surface area contributed by atoms with Crippen molar-refractivity contribution in [2.45, 2.75) is 104 Å². The van der Waals surface area contributed by atoms with E-state index >= 15 is 0 Å². The molecule has 0 bridgehead atoms. The molecule has 0 saturated carbocycles. The van der Waals surface area contributed by atoms with Crippen molar-refractivity contribution in [3.8, 4) is 0 Å². The van der Waals surface area contributed by atoms with Gasteiger partial charge >= 0.3 is 171 Å². The molecule has 12 aliphatic rings. The van der Waals surface area contributed by atoms with E-state index in [0.717, 1.165) is 6.25 Å². The van der Waals surface area contributed by atoms with Crippen LogP contribution >= 0.6 is 0 Å². The molecule has 10 fully saturated rings. The van der Waals surface area contributed by atoms with Crippen molar-refractivity contribution in [1.82, 2.24) is 0 Å². The van der Waals surface area contributed by atoms with Crippen LogP contribution in [0.1, 0.15) is 69.2 Å². The molecule has 4 atom stereocenters. The van der Waals surface area contributed by atoms with E-state index in [-0.39, 0.29) is 0 Å². The fraction of sp³-hybridized carbons (Fsp3) is 0.733. The van der Waals surface area contributed by atoms with Crippen molar-refractivity contribution in [1.29, 1.82) is 0 Å². The summed E-state index contributed by atoms with van der Waals surface area (Å²) in [6, 6.07) is 0. The fourth-order valence-electron chi connectivity index (χ4n) is 30.7. The molecule has 2 aliphatic carbocycles. The van der Waals surface area contributed by atoms with Gasteiger partial charge < -0.3 is 0 Å². The second kappa shape index (κ2) is 1.82. The summed E-state index contributed by atoms with van der Waals surface area (Å²) in [6.07, 6.45) is 0. The average molecular weight is 490 g/mol. The van der Waals surface area contributed by atoms with Gasteiger partial charge in [-0.15, -0.1) is 0 Å². The van der Waals surface area contributed by atoms with Crippen molar-refractivity contribution in [2.75, 3.05) is 0 Å². The zero-order chi connectivity index (χ0) is 21.6. The standard InChI is InChI=1S/C25H33.C5H5.Zr/c1-14-16(3)22(24(7,8)18(14)5)20-12-11-13-21(20)23-17(4)15(2)19(6)25(23,9)10;1-2-4-5-3-1;/h11-13H,1-10H3;1-5H;. The molecule has 0 nitrogen and oxygen atoms in total. The van der Waals surface area contributed by atoms with Crippen LogP contribution < -0.4 is 0 Å². The predicted molar refractivity (Wildman–Crippen MR) is 125 cm³/mol. The van der Waals surface area contributed by atoms with Gasteiger partial charge in [-0.2, -0.15) is 0 Å². The first-order valence-electron chi connectivity index (χ1n) is 14.0. The van der Waals surface area contributed by atoms with Crippen LogP contribution in [-0.4, -0.2) is 0 Å². The Morgan fingerprint density at radius 3 is 1.00 bits per heavy atom. The summed E-state index contributed by atoms with van der Waals surface area (Å²) in [6.45, 7) is 25.7. The van der Waals surface area contributed by atoms with Crippen LogP contribution in [0.25, 0.3) is 0 Å².